The number of amides is 1. The zero-order valence-electron chi connectivity index (χ0n) is 11.4. The number of nitrogens with one attached hydrogen (secondary N) is 1. The first-order valence-corrected chi connectivity index (χ1v) is 7.20. The summed E-state index contributed by atoms with van der Waals surface area (Å²) in [4.78, 5) is 14.6. The Morgan fingerprint density at radius 1 is 1.47 bits per heavy atom. The summed E-state index contributed by atoms with van der Waals surface area (Å²) in [6.07, 6.45) is 4.14. The van der Waals surface area contributed by atoms with Crippen molar-refractivity contribution in [3.63, 3.8) is 0 Å². The quantitative estimate of drug-likeness (QED) is 0.881. The number of piperidine rings is 1. The molecule has 1 amide bonds. The van der Waals surface area contributed by atoms with Crippen molar-refractivity contribution in [2.75, 3.05) is 19.6 Å². The molecule has 1 aromatic rings. The van der Waals surface area contributed by atoms with Crippen LogP contribution in [0.2, 0.25) is 0 Å². The van der Waals surface area contributed by atoms with Gasteiger partial charge in [-0.15, -0.1) is 0 Å². The van der Waals surface area contributed by atoms with Crippen molar-refractivity contribution in [2.45, 2.75) is 38.6 Å². The molecule has 2 aliphatic heterocycles. The van der Waals surface area contributed by atoms with Crippen molar-refractivity contribution in [3.05, 3.63) is 17.5 Å². The van der Waals surface area contributed by atoms with Crippen LogP contribution in [0.25, 0.3) is 0 Å². The Morgan fingerprint density at radius 3 is 3.05 bits per heavy atom. The summed E-state index contributed by atoms with van der Waals surface area (Å²) in [5.74, 6) is 1.26. The van der Waals surface area contributed by atoms with Gasteiger partial charge in [0.15, 0.2) is 5.76 Å². The molecule has 0 spiro atoms. The van der Waals surface area contributed by atoms with E-state index >= 15 is 0 Å². The zero-order chi connectivity index (χ0) is 13.2. The van der Waals surface area contributed by atoms with Crippen LogP contribution in [0, 0.1) is 12.8 Å². The summed E-state index contributed by atoms with van der Waals surface area (Å²) in [5.41, 5.74) is 0.883. The van der Waals surface area contributed by atoms with Gasteiger partial charge in [0.1, 0.15) is 0 Å². The monoisotopic (exact) mass is 263 g/mol. The van der Waals surface area contributed by atoms with Crippen LogP contribution in [0.15, 0.2) is 10.6 Å². The first-order valence-electron chi connectivity index (χ1n) is 7.20. The molecule has 3 rings (SSSR count). The van der Waals surface area contributed by atoms with E-state index in [1.807, 2.05) is 17.9 Å². The minimum absolute atomic E-state index is 0.0932. The predicted molar refractivity (Wildman–Crippen MR) is 70.5 cm³/mol. The van der Waals surface area contributed by atoms with Crippen LogP contribution in [0.4, 0.5) is 0 Å². The van der Waals surface area contributed by atoms with Gasteiger partial charge in [0.05, 0.1) is 17.7 Å². The standard InChI is InChI=1S/C14H21N3O2/c1-10-8-13(19-16-10)12-5-3-7-17(12)14(18)11-4-2-6-15-9-11/h8,11-12,15H,2-7,9H2,1H3/t11-,12?/m1/s1. The number of hydrogen-bond donors (Lipinski definition) is 1. The minimum atomic E-state index is 0.0932. The summed E-state index contributed by atoms with van der Waals surface area (Å²) in [6, 6.07) is 2.05. The van der Waals surface area contributed by atoms with E-state index in [1.54, 1.807) is 0 Å². The summed E-state index contributed by atoms with van der Waals surface area (Å²) in [6.45, 7) is 4.62. The molecule has 1 N–H and O–H groups in total. The molecule has 0 aromatic carbocycles. The Balaban J connectivity index is 1.73. The second kappa shape index (κ2) is 5.33. The third-order valence-electron chi connectivity index (χ3n) is 4.16. The lowest BCUT2D eigenvalue weighted by Crippen LogP contribution is -2.42. The van der Waals surface area contributed by atoms with Gasteiger partial charge in [-0.2, -0.15) is 0 Å². The molecule has 104 valence electrons. The molecule has 2 atom stereocenters. The average Bonchev–Trinajstić information content (AvgIpc) is 3.07. The van der Waals surface area contributed by atoms with Crippen LogP contribution in [0.3, 0.4) is 0 Å². The van der Waals surface area contributed by atoms with E-state index in [4.69, 9.17) is 4.52 Å². The number of likely N-dealkylation sites (tertiary alicyclic amines) is 1. The third-order valence-corrected chi connectivity index (χ3v) is 4.16. The summed E-state index contributed by atoms with van der Waals surface area (Å²) in [7, 11) is 0. The molecule has 0 bridgehead atoms. The maximum atomic E-state index is 12.6. The minimum Gasteiger partial charge on any atom is -0.359 e. The first kappa shape index (κ1) is 12.7. The SMILES string of the molecule is Cc1cc(C2CCCN2C(=O)[C@@H]2CCCNC2)on1. The van der Waals surface area contributed by atoms with Crippen LogP contribution in [0.1, 0.15) is 43.2 Å². The van der Waals surface area contributed by atoms with Gasteiger partial charge in [-0.3, -0.25) is 4.79 Å². The van der Waals surface area contributed by atoms with Gasteiger partial charge in [-0.1, -0.05) is 5.16 Å². The van der Waals surface area contributed by atoms with Crippen LogP contribution in [-0.4, -0.2) is 35.6 Å². The normalized spacial score (nSPS) is 27.7. The molecule has 2 fully saturated rings. The number of aromatic nitrogens is 1. The number of carbonyl (C=O) groups is 1. The van der Waals surface area contributed by atoms with E-state index in [-0.39, 0.29) is 17.9 Å². The predicted octanol–water partition coefficient (Wildman–Crippen LogP) is 1.65. The van der Waals surface area contributed by atoms with Crippen molar-refractivity contribution < 1.29 is 9.32 Å². The van der Waals surface area contributed by atoms with Crippen molar-refractivity contribution in [2.24, 2.45) is 5.92 Å². The number of nitrogens with zero attached hydrogens (tertiary/aromatic N) is 2. The lowest BCUT2D eigenvalue weighted by atomic mass is 9.97. The van der Waals surface area contributed by atoms with Crippen LogP contribution in [-0.2, 0) is 4.79 Å². The van der Waals surface area contributed by atoms with Gasteiger partial charge in [0.2, 0.25) is 5.91 Å². The van der Waals surface area contributed by atoms with Crippen LogP contribution < -0.4 is 5.32 Å². The second-order valence-electron chi connectivity index (χ2n) is 5.60. The molecule has 0 saturated carbocycles. The summed E-state index contributed by atoms with van der Waals surface area (Å²) >= 11 is 0. The number of hydrogen-bond acceptors (Lipinski definition) is 4. The molecule has 1 unspecified atom stereocenters. The van der Waals surface area contributed by atoms with Crippen molar-refractivity contribution >= 4 is 5.91 Å². The largest absolute Gasteiger partial charge is 0.359 e. The Hall–Kier alpha value is -1.36. The lowest BCUT2D eigenvalue weighted by molar-refractivity contribution is -0.137. The molecule has 5 heteroatoms. The molecule has 1 aromatic heterocycles. The van der Waals surface area contributed by atoms with Crippen molar-refractivity contribution in [1.82, 2.24) is 15.4 Å². The number of carbonyl (C=O) groups excluding carboxylic acids is 1. The molecule has 0 radical (unpaired) electrons. The van der Waals surface area contributed by atoms with Crippen LogP contribution >= 0.6 is 0 Å². The van der Waals surface area contributed by atoms with E-state index in [0.717, 1.165) is 56.8 Å². The molecule has 3 heterocycles. The molecule has 5 nitrogen and oxygen atoms in total. The average molecular weight is 263 g/mol. The maximum absolute atomic E-state index is 12.6. The topological polar surface area (TPSA) is 58.4 Å². The summed E-state index contributed by atoms with van der Waals surface area (Å²) < 4.78 is 5.36. The molecule has 19 heavy (non-hydrogen) atoms. The maximum Gasteiger partial charge on any atom is 0.227 e. The molecule has 2 saturated heterocycles. The van der Waals surface area contributed by atoms with Gasteiger partial charge in [-0.25, -0.2) is 0 Å². The Labute approximate surface area is 113 Å². The van der Waals surface area contributed by atoms with Crippen molar-refractivity contribution in [1.29, 1.82) is 0 Å². The van der Waals surface area contributed by atoms with E-state index in [9.17, 15) is 4.79 Å². The molecular formula is C14H21N3O2. The highest BCUT2D eigenvalue weighted by Crippen LogP contribution is 2.34. The lowest BCUT2D eigenvalue weighted by Gasteiger charge is -2.29. The fraction of sp³-hybridized carbons (Fsp3) is 0.714. The smallest absolute Gasteiger partial charge is 0.227 e. The van der Waals surface area contributed by atoms with E-state index in [2.05, 4.69) is 10.5 Å². The molecular weight excluding hydrogens is 242 g/mol. The highest BCUT2D eigenvalue weighted by Gasteiger charge is 2.36. The van der Waals surface area contributed by atoms with Gasteiger partial charge in [0, 0.05) is 19.2 Å². The van der Waals surface area contributed by atoms with Gasteiger partial charge in [-0.05, 0) is 39.2 Å². The van der Waals surface area contributed by atoms with E-state index in [0.29, 0.717) is 0 Å². The van der Waals surface area contributed by atoms with Gasteiger partial charge >= 0.3 is 0 Å². The fourth-order valence-electron chi connectivity index (χ4n) is 3.16. The zero-order valence-corrected chi connectivity index (χ0v) is 11.4. The van der Waals surface area contributed by atoms with E-state index < -0.39 is 0 Å². The second-order valence-corrected chi connectivity index (χ2v) is 5.60. The third kappa shape index (κ3) is 2.52. The molecule has 2 aliphatic rings. The van der Waals surface area contributed by atoms with Crippen LogP contribution in [0.5, 0.6) is 0 Å². The van der Waals surface area contributed by atoms with E-state index in [1.165, 1.54) is 0 Å². The molecule has 0 aliphatic carbocycles. The Kier molecular flexibility index (Phi) is 3.55. The highest BCUT2D eigenvalue weighted by molar-refractivity contribution is 5.80. The highest BCUT2D eigenvalue weighted by atomic mass is 16.5. The van der Waals surface area contributed by atoms with Gasteiger partial charge < -0.3 is 14.7 Å². The number of aryl methyl sites for hydroxylation is 1. The summed E-state index contributed by atoms with van der Waals surface area (Å²) in [5, 5.41) is 7.26. The van der Waals surface area contributed by atoms with Gasteiger partial charge in [0.25, 0.3) is 0 Å². The van der Waals surface area contributed by atoms with Crippen molar-refractivity contribution in [3.8, 4) is 0 Å². The number of rotatable bonds is 2. The Bertz CT molecular complexity index is 451. The fourth-order valence-corrected chi connectivity index (χ4v) is 3.16. The Morgan fingerprint density at radius 2 is 2.37 bits per heavy atom. The first-order chi connectivity index (χ1) is 9.25.